The zero-order valence-corrected chi connectivity index (χ0v) is 17.0. The van der Waals surface area contributed by atoms with Crippen LogP contribution in [-0.2, 0) is 9.53 Å². The van der Waals surface area contributed by atoms with Crippen molar-refractivity contribution in [3.05, 3.63) is 56.4 Å². The summed E-state index contributed by atoms with van der Waals surface area (Å²) in [6.07, 6.45) is 1.40. The number of nitrogens with one attached hydrogen (secondary N) is 1. The molecule has 0 spiro atoms. The standard InChI is InChI=1S/C20H17ClN2O4S/c1-4-27-20(26)16-11(2)17(12(3)24)28-19(16)23-18(25)14(10-22)9-13-5-7-15(21)8-6-13/h5-9H,4H2,1-3H3,(H,23,25). The summed E-state index contributed by atoms with van der Waals surface area (Å²) >= 11 is 6.81. The van der Waals surface area contributed by atoms with E-state index in [0.29, 0.717) is 21.0 Å². The van der Waals surface area contributed by atoms with E-state index in [1.54, 1.807) is 38.1 Å². The van der Waals surface area contributed by atoms with Gasteiger partial charge in [-0.2, -0.15) is 5.26 Å². The zero-order chi connectivity index (χ0) is 20.8. The molecule has 2 aromatic rings. The molecule has 1 aromatic heterocycles. The van der Waals surface area contributed by atoms with Crippen LogP contribution in [0.1, 0.15) is 45.0 Å². The molecule has 0 atom stereocenters. The SMILES string of the molecule is CCOC(=O)c1c(NC(=O)C(C#N)=Cc2ccc(Cl)cc2)sc(C(C)=O)c1C. The summed E-state index contributed by atoms with van der Waals surface area (Å²) in [7, 11) is 0. The molecule has 1 heterocycles. The molecular weight excluding hydrogens is 400 g/mol. The van der Waals surface area contributed by atoms with Crippen LogP contribution in [0.15, 0.2) is 29.8 Å². The maximum absolute atomic E-state index is 12.6. The lowest BCUT2D eigenvalue weighted by atomic mass is 10.1. The quantitative estimate of drug-likeness (QED) is 0.320. The van der Waals surface area contributed by atoms with Gasteiger partial charge in [0, 0.05) is 5.02 Å². The van der Waals surface area contributed by atoms with Gasteiger partial charge in [-0.05, 0) is 50.1 Å². The summed E-state index contributed by atoms with van der Waals surface area (Å²) in [6.45, 7) is 4.80. The maximum Gasteiger partial charge on any atom is 0.341 e. The highest BCUT2D eigenvalue weighted by Gasteiger charge is 2.26. The fourth-order valence-electron chi connectivity index (χ4n) is 2.43. The minimum absolute atomic E-state index is 0.120. The van der Waals surface area contributed by atoms with Gasteiger partial charge >= 0.3 is 5.97 Å². The van der Waals surface area contributed by atoms with Crippen LogP contribution in [-0.4, -0.2) is 24.3 Å². The number of anilines is 1. The molecule has 0 aliphatic rings. The predicted octanol–water partition coefficient (Wildman–Crippen LogP) is 4.63. The third-order valence-electron chi connectivity index (χ3n) is 3.72. The highest BCUT2D eigenvalue weighted by atomic mass is 35.5. The molecule has 8 heteroatoms. The lowest BCUT2D eigenvalue weighted by Gasteiger charge is -2.06. The molecule has 1 N–H and O–H groups in total. The van der Waals surface area contributed by atoms with Gasteiger partial charge in [0.2, 0.25) is 0 Å². The Kier molecular flexibility index (Phi) is 7.10. The number of halogens is 1. The van der Waals surface area contributed by atoms with Crippen LogP contribution in [0.25, 0.3) is 6.08 Å². The van der Waals surface area contributed by atoms with Crippen LogP contribution in [0.4, 0.5) is 5.00 Å². The van der Waals surface area contributed by atoms with Crippen LogP contribution in [0.3, 0.4) is 0 Å². The molecule has 2 rings (SSSR count). The van der Waals surface area contributed by atoms with Gasteiger partial charge in [0.25, 0.3) is 5.91 Å². The topological polar surface area (TPSA) is 96.3 Å². The summed E-state index contributed by atoms with van der Waals surface area (Å²) in [5.74, 6) is -1.57. The van der Waals surface area contributed by atoms with E-state index < -0.39 is 11.9 Å². The van der Waals surface area contributed by atoms with E-state index in [-0.39, 0.29) is 28.5 Å². The Morgan fingerprint density at radius 3 is 2.46 bits per heavy atom. The van der Waals surface area contributed by atoms with Crippen LogP contribution in [0.2, 0.25) is 5.02 Å². The van der Waals surface area contributed by atoms with Crippen molar-refractivity contribution in [1.29, 1.82) is 5.26 Å². The first-order valence-electron chi connectivity index (χ1n) is 8.28. The molecule has 0 aliphatic heterocycles. The first-order valence-corrected chi connectivity index (χ1v) is 9.48. The Morgan fingerprint density at radius 1 is 1.29 bits per heavy atom. The lowest BCUT2D eigenvalue weighted by Crippen LogP contribution is -2.16. The smallest absolute Gasteiger partial charge is 0.341 e. The highest BCUT2D eigenvalue weighted by Crippen LogP contribution is 2.34. The Balaban J connectivity index is 2.40. The third kappa shape index (κ3) is 4.85. The van der Waals surface area contributed by atoms with Gasteiger partial charge in [-0.15, -0.1) is 11.3 Å². The van der Waals surface area contributed by atoms with Gasteiger partial charge in [-0.3, -0.25) is 9.59 Å². The van der Waals surface area contributed by atoms with Gasteiger partial charge < -0.3 is 10.1 Å². The van der Waals surface area contributed by atoms with Crippen LogP contribution in [0.5, 0.6) is 0 Å². The van der Waals surface area contributed by atoms with Crippen molar-refractivity contribution in [2.24, 2.45) is 0 Å². The number of ketones is 1. The average molecular weight is 417 g/mol. The molecule has 0 saturated carbocycles. The minimum Gasteiger partial charge on any atom is -0.462 e. The number of esters is 1. The number of ether oxygens (including phenoxy) is 1. The highest BCUT2D eigenvalue weighted by molar-refractivity contribution is 7.18. The molecule has 144 valence electrons. The molecule has 1 aromatic carbocycles. The third-order valence-corrected chi connectivity index (χ3v) is 5.28. The zero-order valence-electron chi connectivity index (χ0n) is 15.5. The molecule has 0 saturated heterocycles. The molecule has 0 radical (unpaired) electrons. The number of Topliss-reactive ketones (excluding diaryl/α,β-unsaturated/α-hetero) is 1. The van der Waals surface area contributed by atoms with E-state index in [1.807, 2.05) is 6.07 Å². The lowest BCUT2D eigenvalue weighted by molar-refractivity contribution is -0.112. The summed E-state index contributed by atoms with van der Waals surface area (Å²) in [6, 6.07) is 8.45. The van der Waals surface area contributed by atoms with E-state index in [9.17, 15) is 19.6 Å². The molecule has 0 bridgehead atoms. The van der Waals surface area contributed by atoms with Gasteiger partial charge in [-0.1, -0.05) is 23.7 Å². The number of rotatable bonds is 6. The van der Waals surface area contributed by atoms with Crippen molar-refractivity contribution in [2.45, 2.75) is 20.8 Å². The van der Waals surface area contributed by atoms with E-state index in [0.717, 1.165) is 11.3 Å². The number of carbonyl (C=O) groups is 3. The van der Waals surface area contributed by atoms with Crippen LogP contribution >= 0.6 is 22.9 Å². The second kappa shape index (κ2) is 9.31. The first kappa shape index (κ1) is 21.4. The number of carbonyl (C=O) groups excluding carboxylic acids is 3. The molecule has 0 aliphatic carbocycles. The Hall–Kier alpha value is -2.95. The Bertz CT molecular complexity index is 1000. The largest absolute Gasteiger partial charge is 0.462 e. The normalized spacial score (nSPS) is 10.9. The summed E-state index contributed by atoms with van der Waals surface area (Å²) in [5.41, 5.74) is 1.02. The molecule has 1 amide bonds. The number of benzene rings is 1. The second-order valence-electron chi connectivity index (χ2n) is 5.71. The monoisotopic (exact) mass is 416 g/mol. The summed E-state index contributed by atoms with van der Waals surface area (Å²) in [4.78, 5) is 37.0. The first-order chi connectivity index (χ1) is 13.3. The number of thiophene rings is 1. The van der Waals surface area contributed by atoms with Crippen molar-refractivity contribution in [3.63, 3.8) is 0 Å². The van der Waals surface area contributed by atoms with E-state index in [1.165, 1.54) is 13.0 Å². The van der Waals surface area contributed by atoms with Crippen LogP contribution < -0.4 is 5.32 Å². The predicted molar refractivity (Wildman–Crippen MR) is 109 cm³/mol. The Labute approximate surface area is 171 Å². The van der Waals surface area contributed by atoms with Crippen molar-refractivity contribution < 1.29 is 19.1 Å². The molecule has 0 fully saturated rings. The van der Waals surface area contributed by atoms with Crippen molar-refractivity contribution in [1.82, 2.24) is 0 Å². The number of hydrogen-bond donors (Lipinski definition) is 1. The second-order valence-corrected chi connectivity index (χ2v) is 7.17. The van der Waals surface area contributed by atoms with Crippen molar-refractivity contribution in [3.8, 4) is 6.07 Å². The fraction of sp³-hybridized carbons (Fsp3) is 0.200. The number of amides is 1. The maximum atomic E-state index is 12.6. The molecule has 0 unspecified atom stereocenters. The van der Waals surface area contributed by atoms with Crippen molar-refractivity contribution in [2.75, 3.05) is 11.9 Å². The number of nitriles is 1. The number of hydrogen-bond acceptors (Lipinski definition) is 6. The van der Waals surface area contributed by atoms with Crippen LogP contribution in [0, 0.1) is 18.3 Å². The van der Waals surface area contributed by atoms with E-state index >= 15 is 0 Å². The van der Waals surface area contributed by atoms with Gasteiger partial charge in [-0.25, -0.2) is 4.79 Å². The molecule has 28 heavy (non-hydrogen) atoms. The van der Waals surface area contributed by atoms with E-state index in [4.69, 9.17) is 16.3 Å². The average Bonchev–Trinajstić information content (AvgIpc) is 2.97. The van der Waals surface area contributed by atoms with Gasteiger partial charge in [0.1, 0.15) is 16.6 Å². The Morgan fingerprint density at radius 2 is 1.93 bits per heavy atom. The fourth-order valence-corrected chi connectivity index (χ4v) is 3.64. The minimum atomic E-state index is -0.695. The molecule has 6 nitrogen and oxygen atoms in total. The van der Waals surface area contributed by atoms with E-state index in [2.05, 4.69) is 5.32 Å². The van der Waals surface area contributed by atoms with Crippen molar-refractivity contribution >= 4 is 51.7 Å². The van der Waals surface area contributed by atoms with Gasteiger partial charge in [0.05, 0.1) is 17.0 Å². The van der Waals surface area contributed by atoms with Gasteiger partial charge in [0.15, 0.2) is 5.78 Å². The summed E-state index contributed by atoms with van der Waals surface area (Å²) < 4.78 is 5.03. The number of nitrogens with zero attached hydrogens (tertiary/aromatic N) is 1. The molecular formula is C20H17ClN2O4S. The summed E-state index contributed by atoms with van der Waals surface area (Å²) in [5, 5.41) is 12.6.